The summed E-state index contributed by atoms with van der Waals surface area (Å²) >= 11 is 0. The normalized spacial score (nSPS) is 19.3. The lowest BCUT2D eigenvalue weighted by Gasteiger charge is -2.40. The number of benzene rings is 1. The Hall–Kier alpha value is -2.41. The van der Waals surface area contributed by atoms with Gasteiger partial charge >= 0.3 is 0 Å². The lowest BCUT2D eigenvalue weighted by atomic mass is 9.66. The Balaban J connectivity index is 2.50. The minimum Gasteiger partial charge on any atom is -0.394 e. The maximum Gasteiger partial charge on any atom is 0.227 e. The second kappa shape index (κ2) is 11.1. The minimum absolute atomic E-state index is 0.126. The van der Waals surface area contributed by atoms with Gasteiger partial charge < -0.3 is 21.5 Å². The number of carbonyl (C=O) groups excluding carboxylic acids is 3. The summed E-state index contributed by atoms with van der Waals surface area (Å²) in [5.74, 6) is -2.34. The van der Waals surface area contributed by atoms with Gasteiger partial charge in [0.25, 0.3) is 0 Å². The molecule has 0 saturated carbocycles. The van der Waals surface area contributed by atoms with Crippen molar-refractivity contribution in [3.8, 4) is 0 Å². The molecule has 0 spiro atoms. The van der Waals surface area contributed by atoms with Crippen LogP contribution in [0.25, 0.3) is 0 Å². The molecular formula is C23H35N3O4. The molecular weight excluding hydrogens is 382 g/mol. The van der Waals surface area contributed by atoms with Crippen molar-refractivity contribution in [3.63, 3.8) is 0 Å². The summed E-state index contributed by atoms with van der Waals surface area (Å²) in [4.78, 5) is 40.3. The third-order valence-electron chi connectivity index (χ3n) is 6.33. The number of nitrogens with zero attached hydrogens (tertiary/aromatic N) is 1. The number of hydrogen-bond acceptors (Lipinski definition) is 4. The highest BCUT2D eigenvalue weighted by molar-refractivity contribution is 5.93. The summed E-state index contributed by atoms with van der Waals surface area (Å²) in [6.07, 6.45) is 4.35. The summed E-state index contributed by atoms with van der Waals surface area (Å²) in [6, 6.07) is 9.16. The monoisotopic (exact) mass is 417 g/mol. The third kappa shape index (κ3) is 5.59. The van der Waals surface area contributed by atoms with Crippen molar-refractivity contribution in [2.45, 2.75) is 64.3 Å². The second-order valence-electron chi connectivity index (χ2n) is 8.37. The van der Waals surface area contributed by atoms with Crippen LogP contribution < -0.4 is 11.5 Å². The van der Waals surface area contributed by atoms with E-state index in [9.17, 15) is 19.5 Å². The van der Waals surface area contributed by atoms with Gasteiger partial charge in [-0.1, -0.05) is 56.5 Å². The van der Waals surface area contributed by atoms with E-state index in [0.717, 1.165) is 31.2 Å². The molecule has 1 aliphatic heterocycles. The van der Waals surface area contributed by atoms with Gasteiger partial charge in [-0.05, 0) is 31.2 Å². The molecule has 3 unspecified atom stereocenters. The molecule has 3 atom stereocenters. The first-order valence-electron chi connectivity index (χ1n) is 10.9. The van der Waals surface area contributed by atoms with Crippen LogP contribution in [0.5, 0.6) is 0 Å². The van der Waals surface area contributed by atoms with E-state index in [4.69, 9.17) is 11.5 Å². The van der Waals surface area contributed by atoms with Gasteiger partial charge in [-0.25, -0.2) is 0 Å². The number of unbranched alkanes of at least 4 members (excludes halogenated alkanes) is 2. The number of aliphatic hydroxyl groups is 1. The Morgan fingerprint density at radius 2 is 1.90 bits per heavy atom. The number of nitrogens with two attached hydrogens (primary N) is 2. The fourth-order valence-corrected chi connectivity index (χ4v) is 4.65. The highest BCUT2D eigenvalue weighted by Gasteiger charge is 2.50. The zero-order valence-corrected chi connectivity index (χ0v) is 17.9. The van der Waals surface area contributed by atoms with Gasteiger partial charge in [0.2, 0.25) is 17.7 Å². The number of carbonyl (C=O) groups is 3. The Bertz CT molecular complexity index is 724. The molecule has 30 heavy (non-hydrogen) atoms. The molecule has 0 radical (unpaired) electrons. The molecule has 1 aromatic carbocycles. The van der Waals surface area contributed by atoms with Crippen LogP contribution in [0.3, 0.4) is 0 Å². The molecule has 1 aromatic rings. The first kappa shape index (κ1) is 23.9. The van der Waals surface area contributed by atoms with E-state index in [1.54, 1.807) is 4.90 Å². The first-order valence-corrected chi connectivity index (χ1v) is 10.9. The molecule has 7 heteroatoms. The Morgan fingerprint density at radius 3 is 2.47 bits per heavy atom. The Morgan fingerprint density at radius 1 is 1.20 bits per heavy atom. The molecule has 1 aliphatic rings. The van der Waals surface area contributed by atoms with Gasteiger partial charge in [0, 0.05) is 13.0 Å². The predicted octanol–water partition coefficient (Wildman–Crippen LogP) is 1.76. The molecule has 7 nitrogen and oxygen atoms in total. The lowest BCUT2D eigenvalue weighted by molar-refractivity contribution is -0.151. The van der Waals surface area contributed by atoms with Crippen molar-refractivity contribution in [2.75, 3.05) is 13.2 Å². The second-order valence-corrected chi connectivity index (χ2v) is 8.37. The van der Waals surface area contributed by atoms with Gasteiger partial charge in [0.15, 0.2) is 0 Å². The molecule has 3 amide bonds. The highest BCUT2D eigenvalue weighted by atomic mass is 16.3. The minimum atomic E-state index is -1.35. The summed E-state index contributed by atoms with van der Waals surface area (Å²) < 4.78 is 0. The quantitative estimate of drug-likeness (QED) is 0.448. The van der Waals surface area contributed by atoms with E-state index in [0.29, 0.717) is 19.4 Å². The standard InChI is InChI=1S/C23H35N3O4/c1-2-3-7-12-23(22(25)30,15-20(24)28)19(14-17-9-5-4-6-10-17)21(29)26-13-8-11-18(26)16-27/h4-6,9-10,18-19,27H,2-3,7-8,11-16H2,1H3,(H2,24,28)(H2,25,30). The lowest BCUT2D eigenvalue weighted by Crippen LogP contribution is -2.54. The summed E-state index contributed by atoms with van der Waals surface area (Å²) in [7, 11) is 0. The van der Waals surface area contributed by atoms with E-state index in [-0.39, 0.29) is 31.4 Å². The smallest absolute Gasteiger partial charge is 0.227 e. The van der Waals surface area contributed by atoms with Crippen LogP contribution in [0.15, 0.2) is 30.3 Å². The largest absolute Gasteiger partial charge is 0.394 e. The molecule has 0 aliphatic carbocycles. The van der Waals surface area contributed by atoms with Crippen LogP contribution >= 0.6 is 0 Å². The average Bonchev–Trinajstić information content (AvgIpc) is 3.20. The Labute approximate surface area is 178 Å². The molecule has 0 aromatic heterocycles. The molecule has 166 valence electrons. The van der Waals surface area contributed by atoms with Crippen LogP contribution in [-0.2, 0) is 20.8 Å². The molecule has 5 N–H and O–H groups in total. The van der Waals surface area contributed by atoms with Crippen LogP contribution in [-0.4, -0.2) is 46.9 Å². The highest BCUT2D eigenvalue weighted by Crippen LogP contribution is 2.41. The number of likely N-dealkylation sites (tertiary alicyclic amines) is 1. The number of amides is 3. The van der Waals surface area contributed by atoms with Crippen molar-refractivity contribution in [1.29, 1.82) is 0 Å². The maximum atomic E-state index is 13.7. The van der Waals surface area contributed by atoms with E-state index < -0.39 is 23.1 Å². The summed E-state index contributed by atoms with van der Waals surface area (Å²) in [5, 5.41) is 9.73. The zero-order valence-electron chi connectivity index (χ0n) is 17.9. The molecule has 1 saturated heterocycles. The van der Waals surface area contributed by atoms with Crippen LogP contribution in [0.1, 0.15) is 57.4 Å². The van der Waals surface area contributed by atoms with Gasteiger partial charge in [-0.3, -0.25) is 14.4 Å². The zero-order chi connectivity index (χ0) is 22.1. The van der Waals surface area contributed by atoms with Crippen molar-refractivity contribution in [3.05, 3.63) is 35.9 Å². The van der Waals surface area contributed by atoms with E-state index in [1.807, 2.05) is 37.3 Å². The fourth-order valence-electron chi connectivity index (χ4n) is 4.65. The number of hydrogen-bond donors (Lipinski definition) is 3. The Kier molecular flexibility index (Phi) is 8.84. The van der Waals surface area contributed by atoms with E-state index in [2.05, 4.69) is 0 Å². The number of primary amides is 2. The van der Waals surface area contributed by atoms with Crippen LogP contribution in [0, 0.1) is 11.3 Å². The van der Waals surface area contributed by atoms with Crippen molar-refractivity contribution in [2.24, 2.45) is 22.8 Å². The van der Waals surface area contributed by atoms with Crippen molar-refractivity contribution >= 4 is 17.7 Å². The van der Waals surface area contributed by atoms with Crippen LogP contribution in [0.4, 0.5) is 0 Å². The topological polar surface area (TPSA) is 127 Å². The SMILES string of the molecule is CCCCCC(CC(N)=O)(C(N)=O)C(Cc1ccccc1)C(=O)N1CCCC1CO. The summed E-state index contributed by atoms with van der Waals surface area (Å²) in [5.41, 5.74) is 11.0. The molecule has 1 heterocycles. The van der Waals surface area contributed by atoms with Gasteiger partial charge in [-0.15, -0.1) is 0 Å². The third-order valence-corrected chi connectivity index (χ3v) is 6.33. The molecule has 0 bridgehead atoms. The molecule has 1 fully saturated rings. The van der Waals surface area contributed by atoms with Crippen molar-refractivity contribution in [1.82, 2.24) is 4.90 Å². The first-order chi connectivity index (χ1) is 14.4. The average molecular weight is 418 g/mol. The maximum absolute atomic E-state index is 13.7. The van der Waals surface area contributed by atoms with Crippen molar-refractivity contribution < 1.29 is 19.5 Å². The molecule has 2 rings (SSSR count). The van der Waals surface area contributed by atoms with Gasteiger partial charge in [0.05, 0.1) is 24.0 Å². The van der Waals surface area contributed by atoms with Gasteiger partial charge in [-0.2, -0.15) is 0 Å². The van der Waals surface area contributed by atoms with Crippen LogP contribution in [0.2, 0.25) is 0 Å². The number of aliphatic hydroxyl groups excluding tert-OH is 1. The number of rotatable bonds is 12. The predicted molar refractivity (Wildman–Crippen MR) is 115 cm³/mol. The van der Waals surface area contributed by atoms with E-state index >= 15 is 0 Å². The van der Waals surface area contributed by atoms with Gasteiger partial charge in [0.1, 0.15) is 0 Å². The fraction of sp³-hybridized carbons (Fsp3) is 0.609. The summed E-state index contributed by atoms with van der Waals surface area (Å²) in [6.45, 7) is 2.44. The van der Waals surface area contributed by atoms with E-state index in [1.165, 1.54) is 0 Å².